The summed E-state index contributed by atoms with van der Waals surface area (Å²) < 4.78 is 23.3. The maximum absolute atomic E-state index is 15.2. The molecule has 3 aromatic carbocycles. The van der Waals surface area contributed by atoms with Crippen molar-refractivity contribution in [3.8, 4) is 28.3 Å². The lowest BCUT2D eigenvalue weighted by atomic mass is 9.89. The number of ether oxygens (including phenoxy) is 1. The molecule has 1 N–H and O–H groups in total. The maximum Gasteiger partial charge on any atom is 0.181 e. The molecule has 0 aliphatic heterocycles. The van der Waals surface area contributed by atoms with Gasteiger partial charge in [-0.2, -0.15) is 5.10 Å². The minimum atomic E-state index is -0.879. The van der Waals surface area contributed by atoms with Crippen LogP contribution in [-0.4, -0.2) is 25.5 Å². The second kappa shape index (κ2) is 9.60. The van der Waals surface area contributed by atoms with Crippen molar-refractivity contribution in [3.05, 3.63) is 88.0 Å². The van der Waals surface area contributed by atoms with E-state index in [0.717, 1.165) is 57.8 Å². The second-order valence-electron chi connectivity index (χ2n) is 11.9. The lowest BCUT2D eigenvalue weighted by molar-refractivity contribution is 0.0570. The number of aromatic nitrogens is 3. The molecule has 1 heterocycles. The lowest BCUT2D eigenvalue weighted by Crippen LogP contribution is -2.27. The highest BCUT2D eigenvalue weighted by Crippen LogP contribution is 2.44. The van der Waals surface area contributed by atoms with Gasteiger partial charge in [-0.05, 0) is 130 Å². The zero-order valence-corrected chi connectivity index (χ0v) is 23.4. The normalized spacial score (nSPS) is 16.9. The Morgan fingerprint density at radius 1 is 1.00 bits per heavy atom. The Hall–Kier alpha value is -3.51. The monoisotopic (exact) mass is 525 g/mol. The van der Waals surface area contributed by atoms with Crippen molar-refractivity contribution in [1.82, 2.24) is 14.8 Å². The van der Waals surface area contributed by atoms with Crippen LogP contribution >= 0.6 is 0 Å². The molecule has 0 bridgehead atoms. The lowest BCUT2D eigenvalue weighted by Gasteiger charge is -2.19. The fraction of sp³-hybridized carbons (Fsp3) is 0.394. The summed E-state index contributed by atoms with van der Waals surface area (Å²) in [7, 11) is 0. The zero-order chi connectivity index (χ0) is 27.5. The Kier molecular flexibility index (Phi) is 6.34. The van der Waals surface area contributed by atoms with E-state index in [2.05, 4.69) is 48.2 Å². The van der Waals surface area contributed by atoms with Gasteiger partial charge in [0, 0.05) is 11.1 Å². The zero-order valence-electron chi connectivity index (χ0n) is 23.4. The fourth-order valence-electron chi connectivity index (χ4n) is 6.00. The van der Waals surface area contributed by atoms with Crippen molar-refractivity contribution < 1.29 is 14.2 Å². The molecule has 39 heavy (non-hydrogen) atoms. The quantitative estimate of drug-likeness (QED) is 0.273. The number of hydrogen-bond donors (Lipinski definition) is 1. The van der Waals surface area contributed by atoms with E-state index in [0.29, 0.717) is 23.9 Å². The van der Waals surface area contributed by atoms with Gasteiger partial charge in [-0.15, -0.1) is 0 Å². The van der Waals surface area contributed by atoms with Crippen LogP contribution in [0.3, 0.4) is 0 Å². The molecule has 2 aliphatic rings. The number of halogens is 1. The number of aryl methyl sites for hydroxylation is 3. The van der Waals surface area contributed by atoms with Crippen LogP contribution in [0.5, 0.6) is 5.75 Å². The minimum Gasteiger partial charge on any atom is -0.486 e. The van der Waals surface area contributed by atoms with E-state index >= 15 is 4.39 Å². The van der Waals surface area contributed by atoms with E-state index < -0.39 is 5.60 Å². The Labute approximate surface area is 229 Å². The van der Waals surface area contributed by atoms with Crippen LogP contribution < -0.4 is 4.74 Å². The average Bonchev–Trinajstić information content (AvgIpc) is 3.54. The molecule has 5 nitrogen and oxygen atoms in total. The largest absolute Gasteiger partial charge is 0.486 e. The third kappa shape index (κ3) is 5.10. The van der Waals surface area contributed by atoms with Gasteiger partial charge < -0.3 is 9.84 Å². The van der Waals surface area contributed by atoms with Gasteiger partial charge in [0.2, 0.25) is 0 Å². The van der Waals surface area contributed by atoms with Crippen LogP contribution in [-0.2, 0) is 13.0 Å². The van der Waals surface area contributed by atoms with Gasteiger partial charge >= 0.3 is 0 Å². The van der Waals surface area contributed by atoms with Crippen LogP contribution in [0.15, 0.2) is 48.5 Å². The molecule has 1 atom stereocenters. The van der Waals surface area contributed by atoms with Gasteiger partial charge in [0.05, 0.1) is 12.1 Å². The van der Waals surface area contributed by atoms with Crippen molar-refractivity contribution in [3.63, 3.8) is 0 Å². The summed E-state index contributed by atoms with van der Waals surface area (Å²) in [5.74, 6) is 2.70. The summed E-state index contributed by atoms with van der Waals surface area (Å²) >= 11 is 0. The first-order chi connectivity index (χ1) is 18.6. The predicted octanol–water partition coefficient (Wildman–Crippen LogP) is 7.39. The Morgan fingerprint density at radius 2 is 1.69 bits per heavy atom. The van der Waals surface area contributed by atoms with E-state index in [1.807, 2.05) is 25.1 Å². The molecule has 0 spiro atoms. The van der Waals surface area contributed by atoms with Crippen molar-refractivity contribution in [2.24, 2.45) is 0 Å². The summed E-state index contributed by atoms with van der Waals surface area (Å²) in [6.07, 6.45) is 3.78. The van der Waals surface area contributed by atoms with Crippen LogP contribution in [0, 0.1) is 26.6 Å². The molecule has 0 radical (unpaired) electrons. The number of aliphatic hydroxyl groups is 1. The number of nitrogens with zero attached hydrogens (tertiary/aromatic N) is 3. The highest BCUT2D eigenvalue weighted by molar-refractivity contribution is 5.78. The molecule has 2 aliphatic carbocycles. The molecule has 1 fully saturated rings. The molecule has 4 aromatic rings. The topological polar surface area (TPSA) is 60.2 Å². The number of rotatable bonds is 7. The van der Waals surface area contributed by atoms with Crippen LogP contribution in [0.1, 0.15) is 78.8 Å². The van der Waals surface area contributed by atoms with E-state index in [1.54, 1.807) is 24.6 Å². The third-order valence-electron chi connectivity index (χ3n) is 7.94. The van der Waals surface area contributed by atoms with Gasteiger partial charge in [-0.3, -0.25) is 0 Å². The van der Waals surface area contributed by atoms with Gasteiger partial charge in [0.1, 0.15) is 23.5 Å². The van der Waals surface area contributed by atoms with Crippen molar-refractivity contribution in [1.29, 1.82) is 0 Å². The molecule has 202 valence electrons. The first kappa shape index (κ1) is 25.8. The first-order valence-corrected chi connectivity index (χ1v) is 13.9. The number of fused-ring (bicyclic) bond motifs is 1. The molecular formula is C33H36FN3O2. The molecule has 6 heteroatoms. The van der Waals surface area contributed by atoms with E-state index in [-0.39, 0.29) is 11.9 Å². The molecular weight excluding hydrogens is 489 g/mol. The standard InChI is InChI=1S/C33H36FN3O2/c1-19-16-24(32-35-21(3)37(36-32)18-33(4,5)38)17-20(2)30(19)26-12-14-28(34)31-27(26)13-15-29(31)39-25-10-8-23(9-11-25)22-6-7-22/h8-12,14,16-17,22,29,38H,6-7,13,15,18H2,1-5H3. The van der Waals surface area contributed by atoms with Crippen LogP contribution in [0.25, 0.3) is 22.5 Å². The van der Waals surface area contributed by atoms with Crippen LogP contribution in [0.2, 0.25) is 0 Å². The van der Waals surface area contributed by atoms with Crippen LogP contribution in [0.4, 0.5) is 4.39 Å². The summed E-state index contributed by atoms with van der Waals surface area (Å²) in [5.41, 5.74) is 7.52. The highest BCUT2D eigenvalue weighted by atomic mass is 19.1. The molecule has 6 rings (SSSR count). The minimum absolute atomic E-state index is 0.199. The number of benzene rings is 3. The Bertz CT molecular complexity index is 1520. The summed E-state index contributed by atoms with van der Waals surface area (Å²) in [5, 5.41) is 14.9. The van der Waals surface area contributed by atoms with Crippen molar-refractivity contribution in [2.45, 2.75) is 84.5 Å². The molecule has 1 unspecified atom stereocenters. The first-order valence-electron chi connectivity index (χ1n) is 13.9. The fourth-order valence-corrected chi connectivity index (χ4v) is 6.00. The Morgan fingerprint density at radius 3 is 2.33 bits per heavy atom. The summed E-state index contributed by atoms with van der Waals surface area (Å²) in [6, 6.07) is 16.1. The van der Waals surface area contributed by atoms with Gasteiger partial charge in [0.15, 0.2) is 5.82 Å². The van der Waals surface area contributed by atoms with Gasteiger partial charge in [0.25, 0.3) is 0 Å². The highest BCUT2D eigenvalue weighted by Gasteiger charge is 2.31. The summed E-state index contributed by atoms with van der Waals surface area (Å²) in [4.78, 5) is 4.66. The molecule has 0 amide bonds. The third-order valence-corrected chi connectivity index (χ3v) is 7.94. The molecule has 1 aromatic heterocycles. The predicted molar refractivity (Wildman–Crippen MR) is 151 cm³/mol. The Balaban J connectivity index is 1.31. The van der Waals surface area contributed by atoms with Crippen molar-refractivity contribution in [2.75, 3.05) is 0 Å². The van der Waals surface area contributed by atoms with E-state index in [9.17, 15) is 5.11 Å². The second-order valence-corrected chi connectivity index (χ2v) is 11.9. The molecule has 0 saturated heterocycles. The number of hydrogen-bond acceptors (Lipinski definition) is 4. The average molecular weight is 526 g/mol. The van der Waals surface area contributed by atoms with E-state index in [1.165, 1.54) is 18.4 Å². The van der Waals surface area contributed by atoms with Crippen molar-refractivity contribution >= 4 is 0 Å². The van der Waals surface area contributed by atoms with E-state index in [4.69, 9.17) is 4.74 Å². The smallest absolute Gasteiger partial charge is 0.181 e. The maximum atomic E-state index is 15.2. The van der Waals surface area contributed by atoms with Gasteiger partial charge in [-0.1, -0.05) is 18.2 Å². The molecule has 1 saturated carbocycles. The SMILES string of the molecule is Cc1cc(-c2nc(C)n(CC(C)(C)O)n2)cc(C)c1-c1ccc(F)c2c1CCC2Oc1ccc(C2CC2)cc1. The van der Waals surface area contributed by atoms with Gasteiger partial charge in [-0.25, -0.2) is 14.1 Å². The summed E-state index contributed by atoms with van der Waals surface area (Å²) in [6.45, 7) is 9.98.